The Hall–Kier alpha value is -2.92. The van der Waals surface area contributed by atoms with Crippen molar-refractivity contribution in [3.8, 4) is 0 Å². The fraction of sp³-hybridized carbons (Fsp3) is 0.105. The van der Waals surface area contributed by atoms with Gasteiger partial charge in [-0.25, -0.2) is 9.97 Å². The van der Waals surface area contributed by atoms with Crippen molar-refractivity contribution in [3.63, 3.8) is 0 Å². The minimum Gasteiger partial charge on any atom is -0.340 e. The summed E-state index contributed by atoms with van der Waals surface area (Å²) in [6, 6.07) is 14.7. The van der Waals surface area contributed by atoms with Crippen LogP contribution in [0, 0.1) is 13.8 Å². The molecule has 2 aromatic carbocycles. The minimum atomic E-state index is -0.288. The standard InChI is InChI=1S/C19H17ClN4O/c1-12-6-7-16(13(2)8-12)24-19(25)17-10-18(22-11-21-17)23-15-5-3-4-14(20)9-15/h3-11H,1-2H3,(H,24,25)(H,21,22,23). The van der Waals surface area contributed by atoms with Crippen LogP contribution in [0.1, 0.15) is 21.6 Å². The monoisotopic (exact) mass is 352 g/mol. The van der Waals surface area contributed by atoms with Crippen molar-refractivity contribution < 1.29 is 4.79 Å². The second-order valence-corrected chi connectivity index (χ2v) is 6.13. The van der Waals surface area contributed by atoms with Gasteiger partial charge in [-0.1, -0.05) is 35.4 Å². The first-order chi connectivity index (χ1) is 12.0. The first-order valence-corrected chi connectivity index (χ1v) is 8.12. The number of hydrogen-bond donors (Lipinski definition) is 2. The van der Waals surface area contributed by atoms with Crippen LogP contribution in [0.5, 0.6) is 0 Å². The molecule has 3 rings (SSSR count). The van der Waals surface area contributed by atoms with E-state index in [1.165, 1.54) is 6.33 Å². The minimum absolute atomic E-state index is 0.277. The van der Waals surface area contributed by atoms with Crippen LogP contribution in [-0.2, 0) is 0 Å². The van der Waals surface area contributed by atoms with Crippen LogP contribution in [-0.4, -0.2) is 15.9 Å². The molecule has 3 aromatic rings. The van der Waals surface area contributed by atoms with Gasteiger partial charge in [0.1, 0.15) is 17.8 Å². The Morgan fingerprint density at radius 3 is 2.64 bits per heavy atom. The molecule has 126 valence electrons. The van der Waals surface area contributed by atoms with Gasteiger partial charge in [-0.3, -0.25) is 4.79 Å². The lowest BCUT2D eigenvalue weighted by molar-refractivity contribution is 0.102. The molecule has 0 spiro atoms. The van der Waals surface area contributed by atoms with Crippen molar-refractivity contribution in [1.82, 2.24) is 9.97 Å². The zero-order valence-electron chi connectivity index (χ0n) is 13.9. The summed E-state index contributed by atoms with van der Waals surface area (Å²) < 4.78 is 0. The summed E-state index contributed by atoms with van der Waals surface area (Å²) >= 11 is 5.97. The third-order valence-electron chi connectivity index (χ3n) is 3.63. The highest BCUT2D eigenvalue weighted by molar-refractivity contribution is 6.30. The Morgan fingerprint density at radius 2 is 1.88 bits per heavy atom. The maximum atomic E-state index is 12.5. The number of amides is 1. The molecule has 0 fully saturated rings. The average molecular weight is 353 g/mol. The Morgan fingerprint density at radius 1 is 1.04 bits per heavy atom. The third-order valence-corrected chi connectivity index (χ3v) is 3.86. The van der Waals surface area contributed by atoms with E-state index < -0.39 is 0 Å². The fourth-order valence-electron chi connectivity index (χ4n) is 2.40. The van der Waals surface area contributed by atoms with E-state index in [1.54, 1.807) is 18.2 Å². The van der Waals surface area contributed by atoms with Gasteiger partial charge in [-0.05, 0) is 43.7 Å². The van der Waals surface area contributed by atoms with Crippen molar-refractivity contribution in [1.29, 1.82) is 0 Å². The number of nitrogens with one attached hydrogen (secondary N) is 2. The van der Waals surface area contributed by atoms with Crippen LogP contribution < -0.4 is 10.6 Å². The first kappa shape index (κ1) is 16.9. The molecule has 0 unspecified atom stereocenters. The Bertz CT molecular complexity index is 927. The number of anilines is 3. The summed E-state index contributed by atoms with van der Waals surface area (Å²) in [4.78, 5) is 20.7. The summed E-state index contributed by atoms with van der Waals surface area (Å²) in [5.41, 5.74) is 3.97. The third kappa shape index (κ3) is 4.33. The second kappa shape index (κ2) is 7.32. The van der Waals surface area contributed by atoms with Crippen molar-refractivity contribution in [2.45, 2.75) is 13.8 Å². The quantitative estimate of drug-likeness (QED) is 0.711. The Kier molecular flexibility index (Phi) is 4.95. The average Bonchev–Trinajstić information content (AvgIpc) is 2.57. The number of carbonyl (C=O) groups is 1. The topological polar surface area (TPSA) is 66.9 Å². The van der Waals surface area contributed by atoms with Crippen LogP contribution in [0.2, 0.25) is 5.02 Å². The van der Waals surface area contributed by atoms with E-state index in [-0.39, 0.29) is 11.6 Å². The molecule has 1 amide bonds. The van der Waals surface area contributed by atoms with Gasteiger partial charge >= 0.3 is 0 Å². The summed E-state index contributed by atoms with van der Waals surface area (Å²) in [6.07, 6.45) is 1.35. The normalized spacial score (nSPS) is 10.4. The summed E-state index contributed by atoms with van der Waals surface area (Å²) in [5, 5.41) is 6.60. The zero-order valence-corrected chi connectivity index (χ0v) is 14.6. The first-order valence-electron chi connectivity index (χ1n) is 7.74. The molecule has 0 aliphatic rings. The molecule has 0 saturated heterocycles. The van der Waals surface area contributed by atoms with Crippen molar-refractivity contribution in [2.75, 3.05) is 10.6 Å². The highest BCUT2D eigenvalue weighted by Gasteiger charge is 2.11. The summed E-state index contributed by atoms with van der Waals surface area (Å²) in [6.45, 7) is 3.96. The zero-order chi connectivity index (χ0) is 17.8. The maximum Gasteiger partial charge on any atom is 0.274 e. The molecule has 5 nitrogen and oxygen atoms in total. The van der Waals surface area contributed by atoms with E-state index in [1.807, 2.05) is 44.2 Å². The molecule has 6 heteroatoms. The van der Waals surface area contributed by atoms with Gasteiger partial charge in [0, 0.05) is 22.5 Å². The van der Waals surface area contributed by atoms with Crippen LogP contribution >= 0.6 is 11.6 Å². The molecule has 1 aromatic heterocycles. The van der Waals surface area contributed by atoms with E-state index in [4.69, 9.17) is 11.6 Å². The fourth-order valence-corrected chi connectivity index (χ4v) is 2.59. The number of aryl methyl sites for hydroxylation is 2. The van der Waals surface area contributed by atoms with Crippen molar-refractivity contribution >= 4 is 34.7 Å². The smallest absolute Gasteiger partial charge is 0.274 e. The molecule has 0 radical (unpaired) electrons. The van der Waals surface area contributed by atoms with Gasteiger partial charge in [0.15, 0.2) is 0 Å². The van der Waals surface area contributed by atoms with Crippen LogP contribution in [0.4, 0.5) is 17.2 Å². The molecule has 0 bridgehead atoms. The van der Waals surface area contributed by atoms with E-state index in [0.717, 1.165) is 22.5 Å². The van der Waals surface area contributed by atoms with Crippen LogP contribution in [0.3, 0.4) is 0 Å². The van der Waals surface area contributed by atoms with E-state index in [0.29, 0.717) is 10.8 Å². The maximum absolute atomic E-state index is 12.5. The summed E-state index contributed by atoms with van der Waals surface area (Å²) in [7, 11) is 0. The number of hydrogen-bond acceptors (Lipinski definition) is 4. The number of halogens is 1. The lowest BCUT2D eigenvalue weighted by atomic mass is 10.1. The molecule has 1 heterocycles. The van der Waals surface area contributed by atoms with Gasteiger partial charge in [-0.2, -0.15) is 0 Å². The van der Waals surface area contributed by atoms with E-state index >= 15 is 0 Å². The largest absolute Gasteiger partial charge is 0.340 e. The highest BCUT2D eigenvalue weighted by Crippen LogP contribution is 2.20. The SMILES string of the molecule is Cc1ccc(NC(=O)c2cc(Nc3cccc(Cl)c3)ncn2)c(C)c1. The second-order valence-electron chi connectivity index (χ2n) is 5.70. The van der Waals surface area contributed by atoms with Gasteiger partial charge in [0.2, 0.25) is 0 Å². The number of carbonyl (C=O) groups excluding carboxylic acids is 1. The van der Waals surface area contributed by atoms with Crippen molar-refractivity contribution in [2.24, 2.45) is 0 Å². The molecule has 25 heavy (non-hydrogen) atoms. The van der Waals surface area contributed by atoms with Gasteiger partial charge < -0.3 is 10.6 Å². The van der Waals surface area contributed by atoms with E-state index in [9.17, 15) is 4.79 Å². The number of rotatable bonds is 4. The number of aromatic nitrogens is 2. The lowest BCUT2D eigenvalue weighted by Crippen LogP contribution is -2.15. The molecule has 0 atom stereocenters. The van der Waals surface area contributed by atoms with Crippen LogP contribution in [0.15, 0.2) is 54.9 Å². The number of nitrogens with zero attached hydrogens (tertiary/aromatic N) is 2. The Labute approximate surface area is 151 Å². The molecular weight excluding hydrogens is 336 g/mol. The lowest BCUT2D eigenvalue weighted by Gasteiger charge is -2.10. The molecule has 2 N–H and O–H groups in total. The predicted molar refractivity (Wildman–Crippen MR) is 101 cm³/mol. The molecule has 0 aliphatic carbocycles. The van der Waals surface area contributed by atoms with Crippen LogP contribution in [0.25, 0.3) is 0 Å². The summed E-state index contributed by atoms with van der Waals surface area (Å²) in [5.74, 6) is 0.228. The number of benzene rings is 2. The molecule has 0 aliphatic heterocycles. The molecular formula is C19H17ClN4O. The molecule has 0 saturated carbocycles. The highest BCUT2D eigenvalue weighted by atomic mass is 35.5. The predicted octanol–water partition coefficient (Wildman–Crippen LogP) is 4.74. The van der Waals surface area contributed by atoms with Crippen molar-refractivity contribution in [3.05, 3.63) is 76.7 Å². The Balaban J connectivity index is 1.77. The van der Waals surface area contributed by atoms with Gasteiger partial charge in [0.25, 0.3) is 5.91 Å². The van der Waals surface area contributed by atoms with Gasteiger partial charge in [-0.15, -0.1) is 0 Å². The van der Waals surface area contributed by atoms with Gasteiger partial charge in [0.05, 0.1) is 0 Å². The van der Waals surface area contributed by atoms with E-state index in [2.05, 4.69) is 20.6 Å².